The molecule has 1 aliphatic rings. The van der Waals surface area contributed by atoms with Crippen LogP contribution < -0.4 is 10.0 Å². The van der Waals surface area contributed by atoms with E-state index in [1.54, 1.807) is 12.1 Å². The lowest BCUT2D eigenvalue weighted by atomic mass is 10.2. The Morgan fingerprint density at radius 3 is 2.50 bits per heavy atom. The molecule has 0 atom stereocenters. The Labute approximate surface area is 158 Å². The predicted molar refractivity (Wildman–Crippen MR) is 92.5 cm³/mol. The van der Waals surface area contributed by atoms with Crippen LogP contribution in [0.2, 0.25) is 0 Å². The fraction of sp³-hybridized carbons (Fsp3) is 0.235. The maximum atomic E-state index is 13.4. The second-order valence-corrected chi connectivity index (χ2v) is 7.74. The number of para-hydroxylation sites is 1. The number of nitrogens with zero attached hydrogens (tertiary/aromatic N) is 1. The monoisotopic (exact) mass is 417 g/mol. The minimum atomic E-state index is -5.03. The van der Waals surface area contributed by atoms with E-state index >= 15 is 0 Å². The van der Waals surface area contributed by atoms with Gasteiger partial charge < -0.3 is 10.2 Å². The van der Waals surface area contributed by atoms with E-state index < -0.39 is 32.5 Å². The molecule has 0 spiro atoms. The summed E-state index contributed by atoms with van der Waals surface area (Å²) in [6.07, 6.45) is -5.03. The van der Waals surface area contributed by atoms with Gasteiger partial charge >= 0.3 is 12.2 Å². The first-order chi connectivity index (χ1) is 13.1. The molecule has 1 saturated heterocycles. The van der Waals surface area contributed by atoms with Gasteiger partial charge in [0, 0.05) is 19.6 Å². The molecule has 1 fully saturated rings. The molecule has 2 aromatic rings. The Kier molecular flexibility index (Phi) is 5.20. The van der Waals surface area contributed by atoms with Gasteiger partial charge in [0.05, 0.1) is 16.1 Å². The second kappa shape index (κ2) is 7.30. The first kappa shape index (κ1) is 19.9. The SMILES string of the molecule is O=C1NCCN1Cc1ccccc1NS(=O)(=O)c1ccc(F)c(C(F)(F)F)c1. The molecule has 3 rings (SSSR count). The quantitative estimate of drug-likeness (QED) is 0.734. The molecule has 0 unspecified atom stereocenters. The highest BCUT2D eigenvalue weighted by Gasteiger charge is 2.35. The van der Waals surface area contributed by atoms with Gasteiger partial charge in [-0.3, -0.25) is 4.72 Å². The van der Waals surface area contributed by atoms with Crippen molar-refractivity contribution in [2.24, 2.45) is 0 Å². The molecule has 1 aliphatic heterocycles. The molecule has 1 heterocycles. The highest BCUT2D eigenvalue weighted by molar-refractivity contribution is 7.92. The fourth-order valence-electron chi connectivity index (χ4n) is 2.72. The van der Waals surface area contributed by atoms with Crippen LogP contribution in [0.5, 0.6) is 0 Å². The van der Waals surface area contributed by atoms with Crippen molar-refractivity contribution >= 4 is 21.7 Å². The number of carbonyl (C=O) groups is 1. The first-order valence-corrected chi connectivity index (χ1v) is 9.56. The molecule has 0 aromatic heterocycles. The number of alkyl halides is 3. The van der Waals surface area contributed by atoms with Crippen LogP contribution in [-0.2, 0) is 22.7 Å². The van der Waals surface area contributed by atoms with Crippen molar-refractivity contribution in [3.05, 3.63) is 59.4 Å². The molecule has 150 valence electrons. The number of carbonyl (C=O) groups excluding carboxylic acids is 1. The average Bonchev–Trinajstić information content (AvgIpc) is 3.00. The third kappa shape index (κ3) is 4.19. The smallest absolute Gasteiger partial charge is 0.336 e. The molecule has 0 radical (unpaired) electrons. The van der Waals surface area contributed by atoms with Crippen molar-refractivity contribution in [3.63, 3.8) is 0 Å². The van der Waals surface area contributed by atoms with E-state index in [1.807, 2.05) is 0 Å². The summed E-state index contributed by atoms with van der Waals surface area (Å²) < 4.78 is 79.4. The summed E-state index contributed by atoms with van der Waals surface area (Å²) >= 11 is 0. The molecule has 11 heteroatoms. The lowest BCUT2D eigenvalue weighted by Gasteiger charge is -2.18. The van der Waals surface area contributed by atoms with E-state index in [2.05, 4.69) is 10.0 Å². The summed E-state index contributed by atoms with van der Waals surface area (Å²) in [6.45, 7) is 1.01. The highest BCUT2D eigenvalue weighted by Crippen LogP contribution is 2.33. The van der Waals surface area contributed by atoms with E-state index in [9.17, 15) is 30.8 Å². The van der Waals surface area contributed by atoms with Crippen LogP contribution in [0.4, 0.5) is 28.0 Å². The molecule has 2 N–H and O–H groups in total. The number of hydrogen-bond donors (Lipinski definition) is 2. The summed E-state index contributed by atoms with van der Waals surface area (Å²) in [5, 5.41) is 2.62. The minimum Gasteiger partial charge on any atom is -0.336 e. The standard InChI is InChI=1S/C17H15F4N3O3S/c18-14-6-5-12(9-13(14)17(19,20)21)28(26,27)23-15-4-2-1-3-11(15)10-24-8-7-22-16(24)25/h1-6,9,23H,7-8,10H2,(H,22,25). The topological polar surface area (TPSA) is 78.5 Å². The van der Waals surface area contributed by atoms with Gasteiger partial charge in [-0.2, -0.15) is 13.2 Å². The van der Waals surface area contributed by atoms with E-state index in [0.717, 1.165) is 6.07 Å². The summed E-state index contributed by atoms with van der Waals surface area (Å²) in [5.74, 6) is -1.56. The maximum Gasteiger partial charge on any atom is 0.419 e. The number of hydrogen-bond acceptors (Lipinski definition) is 3. The zero-order valence-electron chi connectivity index (χ0n) is 14.3. The van der Waals surface area contributed by atoms with E-state index in [0.29, 0.717) is 24.7 Å². The number of anilines is 1. The van der Waals surface area contributed by atoms with Gasteiger partial charge in [0.2, 0.25) is 0 Å². The van der Waals surface area contributed by atoms with Crippen LogP contribution >= 0.6 is 0 Å². The first-order valence-electron chi connectivity index (χ1n) is 8.08. The van der Waals surface area contributed by atoms with Crippen molar-refractivity contribution in [1.29, 1.82) is 0 Å². The van der Waals surface area contributed by atoms with Gasteiger partial charge in [-0.25, -0.2) is 17.6 Å². The van der Waals surface area contributed by atoms with Crippen LogP contribution in [0, 0.1) is 5.82 Å². The van der Waals surface area contributed by atoms with Gasteiger partial charge in [-0.05, 0) is 29.8 Å². The second-order valence-electron chi connectivity index (χ2n) is 6.06. The van der Waals surface area contributed by atoms with Crippen LogP contribution in [0.25, 0.3) is 0 Å². The van der Waals surface area contributed by atoms with Crippen LogP contribution in [0.3, 0.4) is 0 Å². The lowest BCUT2D eigenvalue weighted by Crippen LogP contribution is -2.28. The zero-order chi connectivity index (χ0) is 20.5. The van der Waals surface area contributed by atoms with E-state index in [1.165, 1.54) is 17.0 Å². The molecular weight excluding hydrogens is 402 g/mol. The van der Waals surface area contributed by atoms with Crippen LogP contribution in [0.15, 0.2) is 47.4 Å². The summed E-state index contributed by atoms with van der Waals surface area (Å²) in [4.78, 5) is 12.4. The lowest BCUT2D eigenvalue weighted by molar-refractivity contribution is -0.140. The molecular formula is C17H15F4N3O3S. The third-order valence-electron chi connectivity index (χ3n) is 4.12. The number of nitrogens with one attached hydrogen (secondary N) is 2. The van der Waals surface area contributed by atoms with Gasteiger partial charge in [0.1, 0.15) is 5.82 Å². The molecule has 0 bridgehead atoms. The van der Waals surface area contributed by atoms with Crippen molar-refractivity contribution in [3.8, 4) is 0 Å². The number of benzene rings is 2. The Bertz CT molecular complexity index is 1010. The average molecular weight is 417 g/mol. The fourth-order valence-corrected chi connectivity index (χ4v) is 3.84. The Balaban J connectivity index is 1.90. The molecule has 2 amide bonds. The number of rotatable bonds is 5. The van der Waals surface area contributed by atoms with Gasteiger partial charge in [0.25, 0.3) is 10.0 Å². The molecule has 6 nitrogen and oxygen atoms in total. The Hall–Kier alpha value is -2.82. The summed E-state index contributed by atoms with van der Waals surface area (Å²) in [6, 6.07) is 7.35. The number of halogens is 4. The highest BCUT2D eigenvalue weighted by atomic mass is 32.2. The Morgan fingerprint density at radius 2 is 1.86 bits per heavy atom. The predicted octanol–water partition coefficient (Wildman–Crippen LogP) is 3.17. The number of urea groups is 1. The van der Waals surface area contributed by atoms with Gasteiger partial charge in [-0.15, -0.1) is 0 Å². The third-order valence-corrected chi connectivity index (χ3v) is 5.48. The summed E-state index contributed by atoms with van der Waals surface area (Å²) in [7, 11) is -4.42. The van der Waals surface area contributed by atoms with E-state index in [-0.39, 0.29) is 24.3 Å². The van der Waals surface area contributed by atoms with Crippen molar-refractivity contribution in [2.75, 3.05) is 17.8 Å². The summed E-state index contributed by atoms with van der Waals surface area (Å²) in [5.41, 5.74) is -1.10. The normalized spacial score (nSPS) is 14.9. The number of amides is 2. The van der Waals surface area contributed by atoms with Crippen LogP contribution in [0.1, 0.15) is 11.1 Å². The van der Waals surface area contributed by atoms with Crippen LogP contribution in [-0.4, -0.2) is 32.4 Å². The van der Waals surface area contributed by atoms with Crippen molar-refractivity contribution in [2.45, 2.75) is 17.6 Å². The van der Waals surface area contributed by atoms with Crippen molar-refractivity contribution in [1.82, 2.24) is 10.2 Å². The molecule has 0 aliphatic carbocycles. The van der Waals surface area contributed by atoms with Gasteiger partial charge in [-0.1, -0.05) is 18.2 Å². The minimum absolute atomic E-state index is 0.111. The van der Waals surface area contributed by atoms with Gasteiger partial charge in [0.15, 0.2) is 0 Å². The number of sulfonamides is 1. The maximum absolute atomic E-state index is 13.4. The van der Waals surface area contributed by atoms with Crippen molar-refractivity contribution < 1.29 is 30.8 Å². The molecule has 2 aromatic carbocycles. The Morgan fingerprint density at radius 1 is 1.14 bits per heavy atom. The van der Waals surface area contributed by atoms with E-state index in [4.69, 9.17) is 0 Å². The molecule has 0 saturated carbocycles. The zero-order valence-corrected chi connectivity index (χ0v) is 15.1. The largest absolute Gasteiger partial charge is 0.419 e. The molecule has 28 heavy (non-hydrogen) atoms.